The molecule has 1 N–H and O–H groups in total. The summed E-state index contributed by atoms with van der Waals surface area (Å²) < 4.78 is 12.3. The molecular formula is C25H36N2O6. The summed E-state index contributed by atoms with van der Waals surface area (Å²) in [5, 5.41) is 9.26. The Labute approximate surface area is 195 Å². The predicted octanol–water partition coefficient (Wildman–Crippen LogP) is 1.82. The Morgan fingerprint density at radius 3 is 2.64 bits per heavy atom. The smallest absolute Gasteiger partial charge is 0.313 e. The van der Waals surface area contributed by atoms with E-state index in [1.54, 1.807) is 9.80 Å². The van der Waals surface area contributed by atoms with Crippen molar-refractivity contribution in [3.63, 3.8) is 0 Å². The van der Waals surface area contributed by atoms with Crippen LogP contribution in [0.5, 0.6) is 0 Å². The minimum atomic E-state index is -1.23. The van der Waals surface area contributed by atoms with Crippen LogP contribution >= 0.6 is 0 Å². The summed E-state index contributed by atoms with van der Waals surface area (Å²) in [6.07, 6.45) is 12.0. The van der Waals surface area contributed by atoms with Crippen LogP contribution < -0.4 is 0 Å². The first-order valence-corrected chi connectivity index (χ1v) is 12.3. The van der Waals surface area contributed by atoms with Gasteiger partial charge in [-0.15, -0.1) is 0 Å². The fourth-order valence-corrected chi connectivity index (χ4v) is 5.86. The lowest BCUT2D eigenvalue weighted by Crippen LogP contribution is -2.56. The normalized spacial score (nSPS) is 36.9. The average molecular weight is 461 g/mol. The minimum Gasteiger partial charge on any atom is -0.465 e. The van der Waals surface area contributed by atoms with Crippen LogP contribution in [0.4, 0.5) is 0 Å². The number of aliphatic hydroxyl groups is 1. The molecule has 0 aromatic heterocycles. The number of cyclic esters (lactones) is 1. The van der Waals surface area contributed by atoms with E-state index in [0.717, 1.165) is 25.7 Å². The van der Waals surface area contributed by atoms with E-state index < -0.39 is 35.0 Å². The van der Waals surface area contributed by atoms with E-state index in [9.17, 15) is 19.5 Å². The van der Waals surface area contributed by atoms with Crippen molar-refractivity contribution in [1.82, 2.24) is 9.80 Å². The van der Waals surface area contributed by atoms with Crippen molar-refractivity contribution in [3.8, 4) is 0 Å². The van der Waals surface area contributed by atoms with Gasteiger partial charge in [0.1, 0.15) is 17.6 Å². The van der Waals surface area contributed by atoms with Crippen LogP contribution in [-0.2, 0) is 23.9 Å². The zero-order chi connectivity index (χ0) is 23.6. The number of ether oxygens (including phenoxy) is 2. The largest absolute Gasteiger partial charge is 0.465 e. The molecule has 4 heterocycles. The quantitative estimate of drug-likeness (QED) is 0.354. The van der Waals surface area contributed by atoms with E-state index in [-0.39, 0.29) is 18.4 Å². The van der Waals surface area contributed by atoms with Gasteiger partial charge in [-0.1, -0.05) is 37.6 Å². The molecule has 182 valence electrons. The fourth-order valence-electron chi connectivity index (χ4n) is 5.86. The van der Waals surface area contributed by atoms with Gasteiger partial charge < -0.3 is 24.4 Å². The summed E-state index contributed by atoms with van der Waals surface area (Å²) in [6, 6.07) is -0.835. The molecule has 5 atom stereocenters. The lowest BCUT2D eigenvalue weighted by molar-refractivity contribution is -0.159. The van der Waals surface area contributed by atoms with E-state index in [0.29, 0.717) is 39.1 Å². The number of fused-ring (bicyclic) bond motifs is 2. The number of aliphatic hydroxyl groups excluding tert-OH is 1. The molecule has 1 unspecified atom stereocenters. The molecule has 2 saturated heterocycles. The first-order chi connectivity index (χ1) is 15.9. The topological polar surface area (TPSA) is 96.4 Å². The van der Waals surface area contributed by atoms with Crippen molar-refractivity contribution in [3.05, 3.63) is 24.3 Å². The van der Waals surface area contributed by atoms with Crippen molar-refractivity contribution in [1.29, 1.82) is 0 Å². The highest BCUT2D eigenvalue weighted by Gasteiger charge is 2.74. The first kappa shape index (κ1) is 24.0. The molecule has 0 aromatic rings. The van der Waals surface area contributed by atoms with Gasteiger partial charge in [0.25, 0.3) is 0 Å². The molecule has 0 radical (unpaired) electrons. The number of unbranched alkanes of at least 4 members (excludes halogenated alkanes) is 2. The number of hydrogen-bond acceptors (Lipinski definition) is 6. The Balaban J connectivity index is 1.79. The molecular weight excluding hydrogens is 424 g/mol. The number of nitrogens with zero attached hydrogens (tertiary/aromatic N) is 2. The van der Waals surface area contributed by atoms with Crippen molar-refractivity contribution < 1.29 is 29.0 Å². The van der Waals surface area contributed by atoms with Crippen LogP contribution in [0.1, 0.15) is 52.4 Å². The monoisotopic (exact) mass is 460 g/mol. The summed E-state index contributed by atoms with van der Waals surface area (Å²) in [6.45, 7) is 5.62. The number of likely N-dealkylation sites (tertiary alicyclic amines) is 1. The molecule has 4 aliphatic rings. The molecule has 0 aliphatic carbocycles. The molecule has 8 nitrogen and oxygen atoms in total. The molecule has 8 heteroatoms. The van der Waals surface area contributed by atoms with E-state index in [1.165, 1.54) is 0 Å². The van der Waals surface area contributed by atoms with Crippen LogP contribution in [0.25, 0.3) is 0 Å². The van der Waals surface area contributed by atoms with E-state index in [1.807, 2.05) is 31.2 Å². The van der Waals surface area contributed by atoms with Crippen LogP contribution in [0.3, 0.4) is 0 Å². The van der Waals surface area contributed by atoms with Crippen molar-refractivity contribution in [2.75, 3.05) is 32.8 Å². The first-order valence-electron chi connectivity index (χ1n) is 12.3. The minimum absolute atomic E-state index is 0.0199. The highest BCUT2D eigenvalue weighted by atomic mass is 16.6. The molecule has 0 bridgehead atoms. The SMILES string of the molecule is CCCCN1CC=C[C@]23O[C@]4(C)/C=C\CCCOC(=O)[C@@H]4[C@H]2C(=O)N(CCCCO)C3C1=O. The van der Waals surface area contributed by atoms with Gasteiger partial charge in [0.15, 0.2) is 0 Å². The maximum absolute atomic E-state index is 13.9. The Morgan fingerprint density at radius 1 is 1.06 bits per heavy atom. The van der Waals surface area contributed by atoms with Crippen LogP contribution in [-0.4, -0.2) is 82.8 Å². The Morgan fingerprint density at radius 2 is 1.88 bits per heavy atom. The van der Waals surface area contributed by atoms with Crippen LogP contribution in [0, 0.1) is 11.8 Å². The maximum atomic E-state index is 13.9. The summed E-state index contributed by atoms with van der Waals surface area (Å²) in [7, 11) is 0. The van der Waals surface area contributed by atoms with Gasteiger partial charge >= 0.3 is 5.97 Å². The summed E-state index contributed by atoms with van der Waals surface area (Å²) in [4.78, 5) is 44.4. The number of amides is 2. The second kappa shape index (κ2) is 9.58. The molecule has 2 fully saturated rings. The zero-order valence-electron chi connectivity index (χ0n) is 19.7. The number of carbonyl (C=O) groups excluding carboxylic acids is 3. The van der Waals surface area contributed by atoms with Gasteiger partial charge in [-0.3, -0.25) is 14.4 Å². The molecule has 1 spiro atoms. The number of rotatable bonds is 7. The number of esters is 1. The summed E-state index contributed by atoms with van der Waals surface area (Å²) >= 11 is 0. The van der Waals surface area contributed by atoms with Gasteiger partial charge in [0.05, 0.1) is 18.1 Å². The molecule has 4 aliphatic heterocycles. The van der Waals surface area contributed by atoms with E-state index >= 15 is 0 Å². The molecule has 0 aromatic carbocycles. The second-order valence-corrected chi connectivity index (χ2v) is 9.71. The van der Waals surface area contributed by atoms with Gasteiger partial charge in [0, 0.05) is 26.2 Å². The zero-order valence-corrected chi connectivity index (χ0v) is 19.7. The predicted molar refractivity (Wildman–Crippen MR) is 121 cm³/mol. The van der Waals surface area contributed by atoms with Crippen molar-refractivity contribution in [2.24, 2.45) is 11.8 Å². The third-order valence-corrected chi connectivity index (χ3v) is 7.42. The standard InChI is InChI=1S/C25H36N2O6/c1-3-4-13-26-14-10-12-25-18(21(29)27(15-7-8-16-28)20(25)22(26)30)19-23(31)32-17-9-5-6-11-24(19,2)33-25/h6,10-12,18-20,28H,3-5,7-9,13-17H2,1-2H3/b11-6-/t18-,19-,20?,24+,25-/m0/s1. The van der Waals surface area contributed by atoms with Gasteiger partial charge in [-0.05, 0) is 39.0 Å². The molecule has 2 amide bonds. The molecule has 33 heavy (non-hydrogen) atoms. The number of allylic oxidation sites excluding steroid dienone is 1. The maximum Gasteiger partial charge on any atom is 0.313 e. The van der Waals surface area contributed by atoms with Crippen molar-refractivity contribution in [2.45, 2.75) is 69.6 Å². The fraction of sp³-hybridized carbons (Fsp3) is 0.720. The molecule has 0 saturated carbocycles. The summed E-state index contributed by atoms with van der Waals surface area (Å²) in [5.41, 5.74) is -2.27. The Kier molecular flexibility index (Phi) is 6.96. The third-order valence-electron chi connectivity index (χ3n) is 7.42. The van der Waals surface area contributed by atoms with Crippen LogP contribution in [0.15, 0.2) is 24.3 Å². The van der Waals surface area contributed by atoms with E-state index in [2.05, 4.69) is 6.92 Å². The van der Waals surface area contributed by atoms with Crippen LogP contribution in [0.2, 0.25) is 0 Å². The third kappa shape index (κ3) is 4.01. The van der Waals surface area contributed by atoms with Crippen molar-refractivity contribution >= 4 is 17.8 Å². The highest BCUT2D eigenvalue weighted by Crippen LogP contribution is 2.57. The lowest BCUT2D eigenvalue weighted by Gasteiger charge is -2.37. The van der Waals surface area contributed by atoms with Gasteiger partial charge in [0.2, 0.25) is 11.8 Å². The number of hydrogen-bond donors (Lipinski definition) is 1. The summed E-state index contributed by atoms with van der Waals surface area (Å²) in [5.74, 6) is -2.48. The highest BCUT2D eigenvalue weighted by molar-refractivity contribution is 5.99. The van der Waals surface area contributed by atoms with Gasteiger partial charge in [-0.2, -0.15) is 0 Å². The number of carbonyl (C=O) groups is 3. The Bertz CT molecular complexity index is 841. The Hall–Kier alpha value is -2.19. The second-order valence-electron chi connectivity index (χ2n) is 9.71. The van der Waals surface area contributed by atoms with E-state index in [4.69, 9.17) is 9.47 Å². The van der Waals surface area contributed by atoms with Gasteiger partial charge in [-0.25, -0.2) is 0 Å². The average Bonchev–Trinajstić information content (AvgIpc) is 3.13. The molecule has 4 rings (SSSR count). The lowest BCUT2D eigenvalue weighted by atomic mass is 9.74.